The smallest absolute Gasteiger partial charge is 0.319 e. The molecule has 5 nitrogen and oxygen atoms in total. The molecule has 0 aromatic heterocycles. The quantitative estimate of drug-likeness (QED) is 0.650. The molecule has 2 amide bonds. The van der Waals surface area contributed by atoms with Crippen molar-refractivity contribution in [2.24, 2.45) is 0 Å². The molecule has 1 aromatic rings. The third kappa shape index (κ3) is 7.43. The Morgan fingerprint density at radius 1 is 1.22 bits per heavy atom. The van der Waals surface area contributed by atoms with Crippen molar-refractivity contribution >= 4 is 11.7 Å². The molecule has 0 bridgehead atoms. The maximum atomic E-state index is 12.8. The van der Waals surface area contributed by atoms with E-state index in [0.29, 0.717) is 18.8 Å². The fourth-order valence-electron chi connectivity index (χ4n) is 2.32. The standard InChI is InChI=1S/C17H28FN3O2/c1-4-11-23-13-16(21(5-2)6-3)12-19-17(22)20-15-9-7-14(18)8-10-15/h7-10,16H,4-6,11-13H2,1-3H3,(H2,19,20,22). The number of carbonyl (C=O) groups is 1. The highest BCUT2D eigenvalue weighted by Crippen LogP contribution is 2.08. The number of likely N-dealkylation sites (N-methyl/N-ethyl adjacent to an activating group) is 1. The van der Waals surface area contributed by atoms with Crippen molar-refractivity contribution in [3.63, 3.8) is 0 Å². The van der Waals surface area contributed by atoms with Crippen LogP contribution in [-0.2, 0) is 4.74 Å². The molecular weight excluding hydrogens is 297 g/mol. The number of urea groups is 1. The molecule has 2 N–H and O–H groups in total. The van der Waals surface area contributed by atoms with Crippen molar-refractivity contribution in [3.8, 4) is 0 Å². The summed E-state index contributed by atoms with van der Waals surface area (Å²) in [6.07, 6.45) is 0.976. The first-order valence-electron chi connectivity index (χ1n) is 8.22. The molecule has 1 aromatic carbocycles. The van der Waals surface area contributed by atoms with E-state index in [2.05, 4.69) is 36.3 Å². The molecule has 0 saturated heterocycles. The highest BCUT2D eigenvalue weighted by molar-refractivity contribution is 5.89. The van der Waals surface area contributed by atoms with Gasteiger partial charge in [0.15, 0.2) is 0 Å². The largest absolute Gasteiger partial charge is 0.380 e. The van der Waals surface area contributed by atoms with E-state index >= 15 is 0 Å². The summed E-state index contributed by atoms with van der Waals surface area (Å²) >= 11 is 0. The Morgan fingerprint density at radius 2 is 1.87 bits per heavy atom. The number of amides is 2. The second-order valence-corrected chi connectivity index (χ2v) is 5.29. The number of hydrogen-bond acceptors (Lipinski definition) is 3. The van der Waals surface area contributed by atoms with Crippen LogP contribution in [0, 0.1) is 5.82 Å². The van der Waals surface area contributed by atoms with Gasteiger partial charge in [-0.3, -0.25) is 4.90 Å². The zero-order valence-electron chi connectivity index (χ0n) is 14.3. The van der Waals surface area contributed by atoms with Crippen LogP contribution in [0.4, 0.5) is 14.9 Å². The Bertz CT molecular complexity index is 450. The number of rotatable bonds is 10. The molecule has 130 valence electrons. The first-order valence-corrected chi connectivity index (χ1v) is 8.22. The van der Waals surface area contributed by atoms with E-state index in [0.717, 1.165) is 26.1 Å². The van der Waals surface area contributed by atoms with E-state index in [9.17, 15) is 9.18 Å². The number of ether oxygens (including phenoxy) is 1. The predicted octanol–water partition coefficient (Wildman–Crippen LogP) is 3.08. The van der Waals surface area contributed by atoms with E-state index in [1.54, 1.807) is 0 Å². The van der Waals surface area contributed by atoms with E-state index in [1.807, 2.05) is 0 Å². The molecule has 1 rings (SSSR count). The Hall–Kier alpha value is -1.66. The fourth-order valence-corrected chi connectivity index (χ4v) is 2.32. The van der Waals surface area contributed by atoms with Crippen molar-refractivity contribution in [1.29, 1.82) is 0 Å². The third-order valence-electron chi connectivity index (χ3n) is 3.59. The monoisotopic (exact) mass is 325 g/mol. The van der Waals surface area contributed by atoms with Gasteiger partial charge in [0.2, 0.25) is 0 Å². The van der Waals surface area contributed by atoms with Gasteiger partial charge in [-0.25, -0.2) is 9.18 Å². The van der Waals surface area contributed by atoms with Gasteiger partial charge in [0, 0.05) is 18.8 Å². The maximum Gasteiger partial charge on any atom is 0.319 e. The van der Waals surface area contributed by atoms with Gasteiger partial charge in [0.05, 0.1) is 12.6 Å². The van der Waals surface area contributed by atoms with Crippen LogP contribution in [0.3, 0.4) is 0 Å². The highest BCUT2D eigenvalue weighted by Gasteiger charge is 2.17. The van der Waals surface area contributed by atoms with Gasteiger partial charge in [-0.15, -0.1) is 0 Å². The zero-order chi connectivity index (χ0) is 17.1. The Balaban J connectivity index is 2.48. The lowest BCUT2D eigenvalue weighted by Gasteiger charge is -2.29. The molecule has 0 fully saturated rings. The summed E-state index contributed by atoms with van der Waals surface area (Å²) in [5.74, 6) is -0.328. The van der Waals surface area contributed by atoms with Crippen LogP contribution in [0.25, 0.3) is 0 Å². The van der Waals surface area contributed by atoms with Crippen molar-refractivity contribution in [3.05, 3.63) is 30.1 Å². The van der Waals surface area contributed by atoms with E-state index in [1.165, 1.54) is 24.3 Å². The van der Waals surface area contributed by atoms with Crippen LogP contribution >= 0.6 is 0 Å². The lowest BCUT2D eigenvalue weighted by Crippen LogP contribution is -2.47. The second-order valence-electron chi connectivity index (χ2n) is 5.29. The summed E-state index contributed by atoms with van der Waals surface area (Å²) in [4.78, 5) is 14.2. The number of benzene rings is 1. The summed E-state index contributed by atoms with van der Waals surface area (Å²) in [5.41, 5.74) is 0.561. The summed E-state index contributed by atoms with van der Waals surface area (Å²) in [7, 11) is 0. The third-order valence-corrected chi connectivity index (χ3v) is 3.59. The van der Waals surface area contributed by atoms with Gasteiger partial charge in [-0.1, -0.05) is 20.8 Å². The van der Waals surface area contributed by atoms with Gasteiger partial charge in [0.1, 0.15) is 5.82 Å². The Kier molecular flexibility index (Phi) is 9.24. The Labute approximate surface area is 138 Å². The topological polar surface area (TPSA) is 53.6 Å². The van der Waals surface area contributed by atoms with E-state index < -0.39 is 0 Å². The van der Waals surface area contributed by atoms with Crippen LogP contribution in [0.1, 0.15) is 27.2 Å². The van der Waals surface area contributed by atoms with Crippen molar-refractivity contribution in [2.75, 3.05) is 38.2 Å². The molecule has 0 aliphatic rings. The SMILES string of the molecule is CCCOCC(CNC(=O)Nc1ccc(F)cc1)N(CC)CC. The van der Waals surface area contributed by atoms with Crippen molar-refractivity contribution in [2.45, 2.75) is 33.2 Å². The van der Waals surface area contributed by atoms with Crippen LogP contribution in [0.15, 0.2) is 24.3 Å². The molecule has 0 radical (unpaired) electrons. The molecule has 1 unspecified atom stereocenters. The van der Waals surface area contributed by atoms with Gasteiger partial charge in [-0.2, -0.15) is 0 Å². The Morgan fingerprint density at radius 3 is 2.43 bits per heavy atom. The van der Waals surface area contributed by atoms with Gasteiger partial charge < -0.3 is 15.4 Å². The molecule has 0 aliphatic carbocycles. The van der Waals surface area contributed by atoms with Gasteiger partial charge in [-0.05, 0) is 43.8 Å². The van der Waals surface area contributed by atoms with E-state index in [-0.39, 0.29) is 17.9 Å². The number of carbonyl (C=O) groups excluding carboxylic acids is 1. The molecule has 6 heteroatoms. The number of hydrogen-bond donors (Lipinski definition) is 2. The lowest BCUT2D eigenvalue weighted by molar-refractivity contribution is 0.0646. The normalized spacial score (nSPS) is 12.2. The average molecular weight is 325 g/mol. The molecule has 0 aliphatic heterocycles. The van der Waals surface area contributed by atoms with Crippen molar-refractivity contribution in [1.82, 2.24) is 10.2 Å². The molecule has 23 heavy (non-hydrogen) atoms. The zero-order valence-corrected chi connectivity index (χ0v) is 14.3. The molecule has 0 heterocycles. The number of nitrogens with one attached hydrogen (secondary N) is 2. The molecule has 0 spiro atoms. The van der Waals surface area contributed by atoms with Crippen LogP contribution < -0.4 is 10.6 Å². The molecule has 0 saturated carbocycles. The molecular formula is C17H28FN3O2. The fraction of sp³-hybridized carbons (Fsp3) is 0.588. The number of anilines is 1. The minimum Gasteiger partial charge on any atom is -0.380 e. The number of halogens is 1. The van der Waals surface area contributed by atoms with Crippen LogP contribution in [0.5, 0.6) is 0 Å². The van der Waals surface area contributed by atoms with Gasteiger partial charge >= 0.3 is 6.03 Å². The van der Waals surface area contributed by atoms with Crippen LogP contribution in [-0.4, -0.2) is 49.8 Å². The summed E-state index contributed by atoms with van der Waals surface area (Å²) < 4.78 is 18.5. The molecule has 1 atom stereocenters. The summed E-state index contributed by atoms with van der Waals surface area (Å²) in [6.45, 7) is 9.87. The van der Waals surface area contributed by atoms with Crippen molar-refractivity contribution < 1.29 is 13.9 Å². The minimum atomic E-state index is -0.328. The minimum absolute atomic E-state index is 0.135. The second kappa shape index (κ2) is 11.0. The lowest BCUT2D eigenvalue weighted by atomic mass is 10.2. The maximum absolute atomic E-state index is 12.8. The van der Waals surface area contributed by atoms with Crippen LogP contribution in [0.2, 0.25) is 0 Å². The summed E-state index contributed by atoms with van der Waals surface area (Å²) in [5, 5.41) is 5.55. The first-order chi connectivity index (χ1) is 11.1. The summed E-state index contributed by atoms with van der Waals surface area (Å²) in [6, 6.07) is 5.52. The predicted molar refractivity (Wildman–Crippen MR) is 91.2 cm³/mol. The van der Waals surface area contributed by atoms with E-state index in [4.69, 9.17) is 4.74 Å². The highest BCUT2D eigenvalue weighted by atomic mass is 19.1. The number of nitrogens with zero attached hydrogens (tertiary/aromatic N) is 1. The van der Waals surface area contributed by atoms with Gasteiger partial charge in [0.25, 0.3) is 0 Å². The first kappa shape index (κ1) is 19.4. The average Bonchev–Trinajstić information content (AvgIpc) is 2.55.